The van der Waals surface area contributed by atoms with Crippen molar-refractivity contribution in [2.24, 2.45) is 0 Å². The smallest absolute Gasteiger partial charge is 0.251 e. The molecule has 0 bridgehead atoms. The van der Waals surface area contributed by atoms with Gasteiger partial charge in [-0.3, -0.25) is 4.79 Å². The first-order valence-electron chi connectivity index (χ1n) is 7.83. The monoisotopic (exact) mass is 323 g/mol. The van der Waals surface area contributed by atoms with Crippen molar-refractivity contribution in [3.63, 3.8) is 0 Å². The van der Waals surface area contributed by atoms with Crippen molar-refractivity contribution in [1.29, 1.82) is 0 Å². The number of rotatable bonds is 8. The van der Waals surface area contributed by atoms with Crippen LogP contribution in [0.1, 0.15) is 36.5 Å². The van der Waals surface area contributed by atoms with E-state index in [0.717, 1.165) is 43.1 Å². The van der Waals surface area contributed by atoms with Crippen molar-refractivity contribution < 1.29 is 14.3 Å². The molecule has 0 aromatic heterocycles. The summed E-state index contributed by atoms with van der Waals surface area (Å²) in [4.78, 5) is 12.2. The van der Waals surface area contributed by atoms with Gasteiger partial charge >= 0.3 is 0 Å². The van der Waals surface area contributed by atoms with E-state index in [1.807, 2.05) is 23.9 Å². The third-order valence-electron chi connectivity index (χ3n) is 3.95. The lowest BCUT2D eigenvalue weighted by Gasteiger charge is -2.26. The summed E-state index contributed by atoms with van der Waals surface area (Å²) in [6.45, 7) is 3.41. The molecule has 2 rings (SSSR count). The number of hydrogen-bond donors (Lipinski definition) is 1. The summed E-state index contributed by atoms with van der Waals surface area (Å²) in [7, 11) is 1.72. The number of benzene rings is 1. The highest BCUT2D eigenvalue weighted by Gasteiger charge is 2.34. The fraction of sp³-hybridized carbons (Fsp3) is 0.588. The first-order chi connectivity index (χ1) is 10.7. The van der Waals surface area contributed by atoms with Crippen LogP contribution in [0, 0.1) is 0 Å². The van der Waals surface area contributed by atoms with Gasteiger partial charge in [0, 0.05) is 25.0 Å². The molecule has 122 valence electrons. The van der Waals surface area contributed by atoms with Gasteiger partial charge in [0.05, 0.1) is 12.2 Å². The van der Waals surface area contributed by atoms with Crippen LogP contribution in [0.2, 0.25) is 0 Å². The van der Waals surface area contributed by atoms with Crippen molar-refractivity contribution in [2.45, 2.75) is 31.8 Å². The summed E-state index contributed by atoms with van der Waals surface area (Å²) in [6, 6.07) is 7.31. The third-order valence-corrected chi connectivity index (χ3v) is 5.18. The van der Waals surface area contributed by atoms with Crippen LogP contribution in [0.3, 0.4) is 0 Å². The lowest BCUT2D eigenvalue weighted by molar-refractivity contribution is 0.0137. The van der Waals surface area contributed by atoms with Crippen molar-refractivity contribution in [3.8, 4) is 5.75 Å². The van der Waals surface area contributed by atoms with E-state index >= 15 is 0 Å². The zero-order chi connectivity index (χ0) is 15.8. The quantitative estimate of drug-likeness (QED) is 0.747. The second-order valence-electron chi connectivity index (χ2n) is 5.60. The van der Waals surface area contributed by atoms with Crippen LogP contribution in [0.25, 0.3) is 0 Å². The Morgan fingerprint density at radius 3 is 2.73 bits per heavy atom. The number of carbonyl (C=O) groups excluding carboxylic acids is 1. The van der Waals surface area contributed by atoms with E-state index < -0.39 is 0 Å². The van der Waals surface area contributed by atoms with Crippen LogP contribution in [0.5, 0.6) is 5.75 Å². The molecular formula is C17H25NO3S. The number of hydrogen-bond acceptors (Lipinski definition) is 4. The Balaban J connectivity index is 1.84. The van der Waals surface area contributed by atoms with Crippen molar-refractivity contribution >= 4 is 17.7 Å². The van der Waals surface area contributed by atoms with E-state index in [4.69, 9.17) is 9.47 Å². The van der Waals surface area contributed by atoms with Crippen LogP contribution in [0.4, 0.5) is 0 Å². The Labute approximate surface area is 137 Å². The molecule has 1 atom stereocenters. The predicted octanol–water partition coefficient (Wildman–Crippen LogP) is 3.12. The molecule has 1 aromatic carbocycles. The van der Waals surface area contributed by atoms with E-state index in [2.05, 4.69) is 12.2 Å². The highest BCUT2D eigenvalue weighted by atomic mass is 32.2. The van der Waals surface area contributed by atoms with Gasteiger partial charge in [0.1, 0.15) is 5.75 Å². The molecule has 5 heteroatoms. The average molecular weight is 323 g/mol. The molecule has 1 aliphatic rings. The number of thioether (sulfide) groups is 1. The van der Waals surface area contributed by atoms with Crippen LogP contribution in [-0.4, -0.2) is 43.3 Å². The Bertz CT molecular complexity index is 469. The van der Waals surface area contributed by atoms with Crippen LogP contribution in [-0.2, 0) is 4.74 Å². The van der Waals surface area contributed by atoms with Gasteiger partial charge in [-0.2, -0.15) is 11.8 Å². The van der Waals surface area contributed by atoms with Gasteiger partial charge in [-0.05, 0) is 42.9 Å². The largest absolute Gasteiger partial charge is 0.494 e. The lowest BCUT2D eigenvalue weighted by Crippen LogP contribution is -2.44. The maximum absolute atomic E-state index is 12.2. The second kappa shape index (κ2) is 8.44. The maximum atomic E-state index is 12.2. The number of amides is 1. The molecular weight excluding hydrogens is 298 g/mol. The van der Waals surface area contributed by atoms with Gasteiger partial charge < -0.3 is 14.8 Å². The molecule has 0 spiro atoms. The molecule has 1 heterocycles. The number of methoxy groups -OCH3 is 1. The lowest BCUT2D eigenvalue weighted by atomic mass is 10.0. The Morgan fingerprint density at radius 1 is 1.36 bits per heavy atom. The second-order valence-corrected chi connectivity index (χ2v) is 6.70. The van der Waals surface area contributed by atoms with E-state index in [1.54, 1.807) is 19.2 Å². The van der Waals surface area contributed by atoms with E-state index in [-0.39, 0.29) is 11.5 Å². The molecule has 1 N–H and O–H groups in total. The summed E-state index contributed by atoms with van der Waals surface area (Å²) in [5.74, 6) is 2.78. The molecule has 4 nitrogen and oxygen atoms in total. The highest BCUT2D eigenvalue weighted by molar-refractivity contribution is 7.99. The molecule has 0 radical (unpaired) electrons. The summed E-state index contributed by atoms with van der Waals surface area (Å²) in [6.07, 6.45) is 3.14. The SMILES string of the molecule is CCCCOc1ccc(C(=O)NCC2(OC)CCSC2)cc1. The zero-order valence-corrected chi connectivity index (χ0v) is 14.2. The summed E-state index contributed by atoms with van der Waals surface area (Å²) in [5, 5.41) is 2.99. The Hall–Kier alpha value is -1.20. The minimum atomic E-state index is -0.205. The fourth-order valence-corrected chi connectivity index (χ4v) is 3.74. The Kier molecular flexibility index (Phi) is 6.58. The molecule has 1 unspecified atom stereocenters. The average Bonchev–Trinajstić information content (AvgIpc) is 3.03. The predicted molar refractivity (Wildman–Crippen MR) is 90.9 cm³/mol. The number of carbonyl (C=O) groups is 1. The first kappa shape index (κ1) is 17.2. The molecule has 22 heavy (non-hydrogen) atoms. The van der Waals surface area contributed by atoms with Gasteiger partial charge in [-0.25, -0.2) is 0 Å². The minimum absolute atomic E-state index is 0.0616. The molecule has 0 aliphatic carbocycles. The molecule has 1 saturated heterocycles. The topological polar surface area (TPSA) is 47.6 Å². The van der Waals surface area contributed by atoms with Gasteiger partial charge in [-0.1, -0.05) is 13.3 Å². The molecule has 1 fully saturated rings. The van der Waals surface area contributed by atoms with Crippen LogP contribution < -0.4 is 10.1 Å². The zero-order valence-electron chi connectivity index (χ0n) is 13.4. The van der Waals surface area contributed by atoms with Crippen LogP contribution >= 0.6 is 11.8 Å². The van der Waals surface area contributed by atoms with Gasteiger partial charge in [0.25, 0.3) is 5.91 Å². The minimum Gasteiger partial charge on any atom is -0.494 e. The summed E-state index contributed by atoms with van der Waals surface area (Å²) < 4.78 is 11.2. The molecule has 0 saturated carbocycles. The third kappa shape index (κ3) is 4.65. The maximum Gasteiger partial charge on any atom is 0.251 e. The molecule has 1 aromatic rings. The molecule has 1 amide bonds. The Morgan fingerprint density at radius 2 is 2.14 bits per heavy atom. The van der Waals surface area contributed by atoms with Gasteiger partial charge in [0.2, 0.25) is 0 Å². The van der Waals surface area contributed by atoms with E-state index in [9.17, 15) is 4.79 Å². The fourth-order valence-electron chi connectivity index (χ4n) is 2.34. The van der Waals surface area contributed by atoms with Crippen molar-refractivity contribution in [2.75, 3.05) is 31.8 Å². The molecule has 1 aliphatic heterocycles. The highest BCUT2D eigenvalue weighted by Crippen LogP contribution is 2.30. The van der Waals surface area contributed by atoms with Crippen LogP contribution in [0.15, 0.2) is 24.3 Å². The van der Waals surface area contributed by atoms with Crippen molar-refractivity contribution in [3.05, 3.63) is 29.8 Å². The van der Waals surface area contributed by atoms with Crippen molar-refractivity contribution in [1.82, 2.24) is 5.32 Å². The summed E-state index contributed by atoms with van der Waals surface area (Å²) in [5.41, 5.74) is 0.448. The van der Waals surface area contributed by atoms with E-state index in [1.165, 1.54) is 0 Å². The number of nitrogens with one attached hydrogen (secondary N) is 1. The number of ether oxygens (including phenoxy) is 2. The standard InChI is InChI=1S/C17H25NO3S/c1-3-4-10-21-15-7-5-14(6-8-15)16(19)18-12-17(20-2)9-11-22-13-17/h5-8H,3-4,9-13H2,1-2H3,(H,18,19). The van der Waals surface area contributed by atoms with Gasteiger partial charge in [0.15, 0.2) is 0 Å². The summed E-state index contributed by atoms with van der Waals surface area (Å²) >= 11 is 1.87. The normalized spacial score (nSPS) is 20.8. The number of unbranched alkanes of at least 4 members (excludes halogenated alkanes) is 1. The van der Waals surface area contributed by atoms with Gasteiger partial charge in [-0.15, -0.1) is 0 Å². The van der Waals surface area contributed by atoms with E-state index in [0.29, 0.717) is 12.1 Å². The first-order valence-corrected chi connectivity index (χ1v) is 8.98.